The van der Waals surface area contributed by atoms with E-state index in [2.05, 4.69) is 10.0 Å². The van der Waals surface area contributed by atoms with E-state index >= 15 is 0 Å². The van der Waals surface area contributed by atoms with E-state index in [4.69, 9.17) is 16.0 Å². The highest BCUT2D eigenvalue weighted by atomic mass is 35.5. The molecule has 0 bridgehead atoms. The maximum Gasteiger partial charge on any atom is 0.291 e. The van der Waals surface area contributed by atoms with Crippen molar-refractivity contribution in [3.63, 3.8) is 0 Å². The van der Waals surface area contributed by atoms with Crippen molar-refractivity contribution in [1.29, 1.82) is 0 Å². The lowest BCUT2D eigenvalue weighted by Crippen LogP contribution is -2.14. The molecule has 2 N–H and O–H groups in total. The molecular weight excluding hydrogens is 388 g/mol. The molecule has 0 aliphatic carbocycles. The average molecular weight is 405 g/mol. The fraction of sp³-hybridized carbons (Fsp3) is 0.105. The molecular formula is C19H17ClN2O4S. The number of amides is 1. The molecule has 0 unspecified atom stereocenters. The molecule has 3 rings (SSSR count). The fourth-order valence-electron chi connectivity index (χ4n) is 2.36. The van der Waals surface area contributed by atoms with E-state index in [1.54, 1.807) is 48.5 Å². The summed E-state index contributed by atoms with van der Waals surface area (Å²) in [5.41, 5.74) is 0.727. The summed E-state index contributed by atoms with van der Waals surface area (Å²) in [6.45, 7) is 1.92. The van der Waals surface area contributed by atoms with Crippen LogP contribution >= 0.6 is 11.6 Å². The molecule has 8 heteroatoms. The second kappa shape index (κ2) is 7.85. The van der Waals surface area contributed by atoms with E-state index in [1.165, 1.54) is 12.1 Å². The molecule has 0 fully saturated rings. The minimum atomic E-state index is -3.82. The van der Waals surface area contributed by atoms with Crippen molar-refractivity contribution < 1.29 is 17.6 Å². The summed E-state index contributed by atoms with van der Waals surface area (Å²) < 4.78 is 33.0. The summed E-state index contributed by atoms with van der Waals surface area (Å²) in [4.78, 5) is 12.3. The van der Waals surface area contributed by atoms with Gasteiger partial charge in [0.05, 0.1) is 4.90 Å². The van der Waals surface area contributed by atoms with Crippen LogP contribution in [0.3, 0.4) is 0 Å². The maximum atomic E-state index is 12.6. The van der Waals surface area contributed by atoms with Crippen molar-refractivity contribution in [1.82, 2.24) is 0 Å². The van der Waals surface area contributed by atoms with Crippen molar-refractivity contribution in [2.75, 3.05) is 10.0 Å². The molecule has 27 heavy (non-hydrogen) atoms. The van der Waals surface area contributed by atoms with Gasteiger partial charge in [-0.2, -0.15) is 0 Å². The van der Waals surface area contributed by atoms with E-state index in [9.17, 15) is 13.2 Å². The molecule has 2 aromatic carbocycles. The van der Waals surface area contributed by atoms with Crippen LogP contribution in [0.25, 0.3) is 0 Å². The van der Waals surface area contributed by atoms with Gasteiger partial charge < -0.3 is 9.73 Å². The molecule has 0 aliphatic heterocycles. The van der Waals surface area contributed by atoms with Crippen molar-refractivity contribution in [2.24, 2.45) is 0 Å². The van der Waals surface area contributed by atoms with Gasteiger partial charge in [-0.05, 0) is 54.6 Å². The Balaban J connectivity index is 1.77. The quantitative estimate of drug-likeness (QED) is 0.630. The number of aryl methyl sites for hydroxylation is 1. The highest BCUT2D eigenvalue weighted by molar-refractivity contribution is 7.92. The third-order valence-electron chi connectivity index (χ3n) is 3.73. The predicted octanol–water partition coefficient (Wildman–Crippen LogP) is 4.55. The van der Waals surface area contributed by atoms with Crippen LogP contribution in [-0.4, -0.2) is 14.3 Å². The van der Waals surface area contributed by atoms with Gasteiger partial charge in [0.15, 0.2) is 5.76 Å². The van der Waals surface area contributed by atoms with Gasteiger partial charge in [0.1, 0.15) is 5.76 Å². The lowest BCUT2D eigenvalue weighted by molar-refractivity contribution is 0.0995. The molecule has 1 heterocycles. The number of hydrogen-bond donors (Lipinski definition) is 2. The van der Waals surface area contributed by atoms with Gasteiger partial charge in [-0.3, -0.25) is 9.52 Å². The smallest absolute Gasteiger partial charge is 0.291 e. The second-order valence-corrected chi connectivity index (χ2v) is 7.83. The highest BCUT2D eigenvalue weighted by Gasteiger charge is 2.16. The standard InChI is InChI=1S/C19H17ClN2O4S/c1-2-16-10-11-18(26-16)19(23)21-15-4-3-5-17(12-15)27(24,25)22-14-8-6-13(20)7-9-14/h3-12,22H,2H2,1H3,(H,21,23). The Hall–Kier alpha value is -2.77. The van der Waals surface area contributed by atoms with Crippen molar-refractivity contribution in [3.05, 3.63) is 77.2 Å². The first kappa shape index (κ1) is 19.0. The molecule has 1 aromatic heterocycles. The Kier molecular flexibility index (Phi) is 5.53. The normalized spacial score (nSPS) is 11.2. The summed E-state index contributed by atoms with van der Waals surface area (Å²) in [6, 6.07) is 15.6. The monoisotopic (exact) mass is 404 g/mol. The maximum absolute atomic E-state index is 12.6. The molecule has 3 aromatic rings. The number of hydrogen-bond acceptors (Lipinski definition) is 4. The number of furan rings is 1. The van der Waals surface area contributed by atoms with Crippen LogP contribution in [-0.2, 0) is 16.4 Å². The van der Waals surface area contributed by atoms with Crippen molar-refractivity contribution in [3.8, 4) is 0 Å². The van der Waals surface area contributed by atoms with Crippen molar-refractivity contribution in [2.45, 2.75) is 18.2 Å². The Morgan fingerprint density at radius 1 is 1.04 bits per heavy atom. The van der Waals surface area contributed by atoms with Crippen LogP contribution in [0.1, 0.15) is 23.2 Å². The van der Waals surface area contributed by atoms with Crippen LogP contribution in [0.15, 0.2) is 70.0 Å². The summed E-state index contributed by atoms with van der Waals surface area (Å²) in [5.74, 6) is 0.415. The summed E-state index contributed by atoms with van der Waals surface area (Å²) in [7, 11) is -3.82. The van der Waals surface area contributed by atoms with Gasteiger partial charge in [-0.25, -0.2) is 8.42 Å². The van der Waals surface area contributed by atoms with Gasteiger partial charge in [0, 0.05) is 22.8 Å². The van der Waals surface area contributed by atoms with Gasteiger partial charge in [-0.1, -0.05) is 24.6 Å². The number of carbonyl (C=O) groups is 1. The summed E-state index contributed by atoms with van der Waals surface area (Å²) >= 11 is 5.81. The zero-order chi connectivity index (χ0) is 19.4. The molecule has 6 nitrogen and oxygen atoms in total. The second-order valence-electron chi connectivity index (χ2n) is 5.71. The predicted molar refractivity (Wildman–Crippen MR) is 105 cm³/mol. The number of benzene rings is 2. The summed E-state index contributed by atoms with van der Waals surface area (Å²) in [6.07, 6.45) is 0.678. The lowest BCUT2D eigenvalue weighted by Gasteiger charge is -2.10. The van der Waals surface area contributed by atoms with Crippen LogP contribution in [0.2, 0.25) is 5.02 Å². The number of carbonyl (C=O) groups excluding carboxylic acids is 1. The van der Waals surface area contributed by atoms with Crippen LogP contribution in [0.4, 0.5) is 11.4 Å². The topological polar surface area (TPSA) is 88.4 Å². The molecule has 0 spiro atoms. The Morgan fingerprint density at radius 3 is 2.44 bits per heavy atom. The Morgan fingerprint density at radius 2 is 1.78 bits per heavy atom. The minimum absolute atomic E-state index is 0.0175. The highest BCUT2D eigenvalue weighted by Crippen LogP contribution is 2.21. The van der Waals surface area contributed by atoms with E-state index < -0.39 is 15.9 Å². The molecule has 1 amide bonds. The van der Waals surface area contributed by atoms with Gasteiger partial charge in [-0.15, -0.1) is 0 Å². The number of sulfonamides is 1. The van der Waals surface area contributed by atoms with E-state index in [-0.39, 0.29) is 10.7 Å². The average Bonchev–Trinajstić information content (AvgIpc) is 3.13. The number of nitrogens with one attached hydrogen (secondary N) is 2. The third-order valence-corrected chi connectivity index (χ3v) is 5.36. The van der Waals surface area contributed by atoms with Gasteiger partial charge in [0.25, 0.3) is 15.9 Å². The van der Waals surface area contributed by atoms with E-state index in [0.717, 1.165) is 0 Å². The van der Waals surface area contributed by atoms with Crippen LogP contribution < -0.4 is 10.0 Å². The van der Waals surface area contributed by atoms with E-state index in [0.29, 0.717) is 28.6 Å². The van der Waals surface area contributed by atoms with E-state index in [1.807, 2.05) is 6.92 Å². The zero-order valence-electron chi connectivity index (χ0n) is 14.4. The number of rotatable bonds is 6. The molecule has 0 saturated heterocycles. The third kappa shape index (κ3) is 4.69. The molecule has 0 saturated carbocycles. The first-order valence-electron chi connectivity index (χ1n) is 8.16. The SMILES string of the molecule is CCc1ccc(C(=O)Nc2cccc(S(=O)(=O)Nc3ccc(Cl)cc3)c2)o1. The zero-order valence-corrected chi connectivity index (χ0v) is 16.0. The van der Waals surface area contributed by atoms with Crippen molar-refractivity contribution >= 4 is 38.9 Å². The number of anilines is 2. The summed E-state index contributed by atoms with van der Waals surface area (Å²) in [5, 5.41) is 3.14. The lowest BCUT2D eigenvalue weighted by atomic mass is 10.3. The Bertz CT molecular complexity index is 1060. The largest absolute Gasteiger partial charge is 0.456 e. The molecule has 0 atom stereocenters. The van der Waals surface area contributed by atoms with Crippen LogP contribution in [0, 0.1) is 0 Å². The Labute approximate surface area is 162 Å². The molecule has 140 valence electrons. The van der Waals surface area contributed by atoms with Gasteiger partial charge in [0.2, 0.25) is 0 Å². The van der Waals surface area contributed by atoms with Crippen LogP contribution in [0.5, 0.6) is 0 Å². The first-order chi connectivity index (χ1) is 12.9. The number of halogens is 1. The molecule has 0 aliphatic rings. The van der Waals surface area contributed by atoms with Gasteiger partial charge >= 0.3 is 0 Å². The first-order valence-corrected chi connectivity index (χ1v) is 10.0. The minimum Gasteiger partial charge on any atom is -0.456 e. The molecule has 0 radical (unpaired) electrons. The fourth-order valence-corrected chi connectivity index (χ4v) is 3.59.